The summed E-state index contributed by atoms with van der Waals surface area (Å²) >= 11 is 0. The van der Waals surface area contributed by atoms with Crippen molar-refractivity contribution in [1.29, 1.82) is 5.26 Å². The zero-order valence-electron chi connectivity index (χ0n) is 8.83. The van der Waals surface area contributed by atoms with Crippen molar-refractivity contribution in [3.63, 3.8) is 0 Å². The summed E-state index contributed by atoms with van der Waals surface area (Å²) in [4.78, 5) is 0. The Balaban J connectivity index is 2.23. The minimum atomic E-state index is -0.525. The molecule has 4 atom stereocenters. The second-order valence-corrected chi connectivity index (χ2v) is 5.21. The number of allylic oxidation sites excluding steroid dienone is 2. The van der Waals surface area contributed by atoms with Crippen molar-refractivity contribution in [3.8, 4) is 6.07 Å². The maximum Gasteiger partial charge on any atom is 0.0908 e. The molecule has 0 aromatic heterocycles. The minimum absolute atomic E-state index is 0.0669. The van der Waals surface area contributed by atoms with Gasteiger partial charge in [-0.05, 0) is 43.4 Å². The van der Waals surface area contributed by atoms with Gasteiger partial charge in [-0.25, -0.2) is 0 Å². The summed E-state index contributed by atoms with van der Waals surface area (Å²) in [7, 11) is 0. The van der Waals surface area contributed by atoms with E-state index in [0.29, 0.717) is 11.8 Å². The Hall–Kier alpha value is -0.810. The first-order chi connectivity index (χ1) is 6.50. The summed E-state index contributed by atoms with van der Waals surface area (Å²) in [6, 6.07) is 2.05. The van der Waals surface area contributed by atoms with Crippen LogP contribution in [-0.2, 0) is 0 Å². The van der Waals surface area contributed by atoms with Crippen LogP contribution >= 0.6 is 0 Å². The van der Waals surface area contributed by atoms with Crippen molar-refractivity contribution >= 4 is 0 Å². The molecule has 3 saturated carbocycles. The van der Waals surface area contributed by atoms with E-state index in [9.17, 15) is 5.11 Å². The van der Waals surface area contributed by atoms with Crippen LogP contribution in [0.3, 0.4) is 0 Å². The fraction of sp³-hybridized carbons (Fsp3) is 0.750. The smallest absolute Gasteiger partial charge is 0.0908 e. The van der Waals surface area contributed by atoms with Crippen molar-refractivity contribution < 1.29 is 5.11 Å². The average Bonchev–Trinajstić information content (AvgIpc) is 2.11. The molecule has 0 saturated heterocycles. The van der Waals surface area contributed by atoms with E-state index in [1.54, 1.807) is 6.08 Å². The van der Waals surface area contributed by atoms with Crippen LogP contribution in [0.5, 0.6) is 0 Å². The standard InChI is InChI=1S/C12H17NO/c1-11(5-3-7-13)9-4-6-12(2,14)10(11)8-9/h3,5,9-10,14H,4,6,8H2,1-2H3/b5-3+/t9?,10?,11-,12?/m0/s1. The van der Waals surface area contributed by atoms with Crippen LogP contribution in [0.15, 0.2) is 12.2 Å². The van der Waals surface area contributed by atoms with Gasteiger partial charge < -0.3 is 5.11 Å². The Bertz CT molecular complexity index is 311. The van der Waals surface area contributed by atoms with Crippen LogP contribution in [-0.4, -0.2) is 10.7 Å². The molecular weight excluding hydrogens is 174 g/mol. The molecule has 0 aliphatic heterocycles. The Morgan fingerprint density at radius 2 is 2.21 bits per heavy atom. The van der Waals surface area contributed by atoms with E-state index < -0.39 is 5.60 Å². The molecule has 0 radical (unpaired) electrons. The Morgan fingerprint density at radius 1 is 1.50 bits per heavy atom. The van der Waals surface area contributed by atoms with Gasteiger partial charge in [-0.1, -0.05) is 13.0 Å². The van der Waals surface area contributed by atoms with Gasteiger partial charge >= 0.3 is 0 Å². The molecule has 3 rings (SSSR count). The molecule has 3 aliphatic carbocycles. The van der Waals surface area contributed by atoms with Crippen molar-refractivity contribution in [3.05, 3.63) is 12.2 Å². The third kappa shape index (κ3) is 1.12. The molecule has 0 aromatic carbocycles. The monoisotopic (exact) mass is 191 g/mol. The molecule has 2 heteroatoms. The normalized spacial score (nSPS) is 51.3. The van der Waals surface area contributed by atoms with E-state index in [1.165, 1.54) is 0 Å². The lowest BCUT2D eigenvalue weighted by Crippen LogP contribution is -2.60. The van der Waals surface area contributed by atoms with Crippen molar-refractivity contribution in [1.82, 2.24) is 0 Å². The topological polar surface area (TPSA) is 44.0 Å². The summed E-state index contributed by atoms with van der Waals surface area (Å²) in [5.74, 6) is 1.02. The number of hydrogen-bond donors (Lipinski definition) is 1. The third-order valence-corrected chi connectivity index (χ3v) is 4.42. The SMILES string of the molecule is CC1(O)CCC2CC1[C@@]2(C)/C=C/C#N. The number of aliphatic hydroxyl groups is 1. The highest BCUT2D eigenvalue weighted by atomic mass is 16.3. The summed E-state index contributed by atoms with van der Waals surface area (Å²) in [6.45, 7) is 4.11. The molecule has 0 spiro atoms. The third-order valence-electron chi connectivity index (χ3n) is 4.42. The first-order valence-electron chi connectivity index (χ1n) is 5.30. The van der Waals surface area contributed by atoms with Crippen LogP contribution in [0.4, 0.5) is 0 Å². The molecule has 0 amide bonds. The molecular formula is C12H17NO. The molecule has 1 N–H and O–H groups in total. The predicted octanol–water partition coefficient (Wildman–Crippen LogP) is 2.25. The fourth-order valence-electron chi connectivity index (χ4n) is 3.38. The molecule has 3 aliphatic rings. The second-order valence-electron chi connectivity index (χ2n) is 5.21. The van der Waals surface area contributed by atoms with Crippen LogP contribution in [0, 0.1) is 28.6 Å². The highest BCUT2D eigenvalue weighted by molar-refractivity contribution is 5.21. The molecule has 3 unspecified atom stereocenters. The Labute approximate surface area is 85.2 Å². The van der Waals surface area contributed by atoms with Gasteiger partial charge in [-0.3, -0.25) is 0 Å². The molecule has 2 nitrogen and oxygen atoms in total. The zero-order valence-corrected chi connectivity index (χ0v) is 8.83. The number of hydrogen-bond acceptors (Lipinski definition) is 2. The summed E-state index contributed by atoms with van der Waals surface area (Å²) in [5.41, 5.74) is -0.458. The van der Waals surface area contributed by atoms with Gasteiger partial charge in [-0.2, -0.15) is 5.26 Å². The van der Waals surface area contributed by atoms with E-state index >= 15 is 0 Å². The first kappa shape index (κ1) is 9.73. The van der Waals surface area contributed by atoms with E-state index in [4.69, 9.17) is 5.26 Å². The molecule has 3 fully saturated rings. The molecule has 0 heterocycles. The van der Waals surface area contributed by atoms with E-state index in [-0.39, 0.29) is 5.41 Å². The lowest BCUT2D eigenvalue weighted by Gasteiger charge is -2.62. The van der Waals surface area contributed by atoms with Gasteiger partial charge in [-0.15, -0.1) is 0 Å². The van der Waals surface area contributed by atoms with E-state index in [0.717, 1.165) is 19.3 Å². The second kappa shape index (κ2) is 2.84. The Morgan fingerprint density at radius 3 is 2.71 bits per heavy atom. The molecule has 76 valence electrons. The van der Waals surface area contributed by atoms with Gasteiger partial charge in [0, 0.05) is 6.08 Å². The number of nitriles is 1. The number of fused-ring (bicyclic) bond motifs is 2. The van der Waals surface area contributed by atoms with Crippen molar-refractivity contribution in [2.45, 2.75) is 38.7 Å². The lowest BCUT2D eigenvalue weighted by molar-refractivity contribution is -0.179. The minimum Gasteiger partial charge on any atom is -0.390 e. The van der Waals surface area contributed by atoms with Gasteiger partial charge in [0.2, 0.25) is 0 Å². The number of rotatable bonds is 1. The largest absolute Gasteiger partial charge is 0.390 e. The highest BCUT2D eigenvalue weighted by Crippen LogP contribution is 2.63. The van der Waals surface area contributed by atoms with Crippen LogP contribution < -0.4 is 0 Å². The van der Waals surface area contributed by atoms with Gasteiger partial charge in [0.15, 0.2) is 0 Å². The maximum absolute atomic E-state index is 10.2. The number of nitrogens with zero attached hydrogens (tertiary/aromatic N) is 1. The molecule has 0 aromatic rings. The summed E-state index contributed by atoms with van der Waals surface area (Å²) in [6.07, 6.45) is 6.70. The van der Waals surface area contributed by atoms with Crippen LogP contribution in [0.25, 0.3) is 0 Å². The van der Waals surface area contributed by atoms with E-state index in [2.05, 4.69) is 6.92 Å². The summed E-state index contributed by atoms with van der Waals surface area (Å²) < 4.78 is 0. The lowest BCUT2D eigenvalue weighted by atomic mass is 9.43. The van der Waals surface area contributed by atoms with Gasteiger partial charge in [0.05, 0.1) is 11.7 Å². The predicted molar refractivity (Wildman–Crippen MR) is 54.3 cm³/mol. The fourth-order valence-corrected chi connectivity index (χ4v) is 3.38. The van der Waals surface area contributed by atoms with Gasteiger partial charge in [0.25, 0.3) is 0 Å². The van der Waals surface area contributed by atoms with Gasteiger partial charge in [0.1, 0.15) is 0 Å². The molecule has 14 heavy (non-hydrogen) atoms. The van der Waals surface area contributed by atoms with Crippen molar-refractivity contribution in [2.24, 2.45) is 17.3 Å². The molecule has 2 bridgehead atoms. The highest BCUT2D eigenvalue weighted by Gasteiger charge is 2.59. The average molecular weight is 191 g/mol. The van der Waals surface area contributed by atoms with Crippen molar-refractivity contribution in [2.75, 3.05) is 0 Å². The van der Waals surface area contributed by atoms with Crippen LogP contribution in [0.2, 0.25) is 0 Å². The first-order valence-corrected chi connectivity index (χ1v) is 5.30. The maximum atomic E-state index is 10.2. The van der Waals surface area contributed by atoms with Crippen LogP contribution in [0.1, 0.15) is 33.1 Å². The summed E-state index contributed by atoms with van der Waals surface area (Å²) in [5, 5.41) is 18.7. The zero-order chi connectivity index (χ0) is 10.4. The Kier molecular flexibility index (Phi) is 1.97. The quantitative estimate of drug-likeness (QED) is 0.646. The van der Waals surface area contributed by atoms with E-state index in [1.807, 2.05) is 19.1 Å².